The molecule has 0 aliphatic heterocycles. The Kier molecular flexibility index (Phi) is 8.49. The van der Waals surface area contributed by atoms with Crippen molar-refractivity contribution in [2.24, 2.45) is 11.8 Å². The first kappa shape index (κ1) is 22.7. The van der Waals surface area contributed by atoms with Crippen LogP contribution in [0.5, 0.6) is 5.75 Å². The maximum absolute atomic E-state index is 12.4. The van der Waals surface area contributed by atoms with Gasteiger partial charge in [0.05, 0.1) is 12.2 Å². The molecule has 2 rings (SSSR count). The topological polar surface area (TPSA) is 93.7 Å². The van der Waals surface area contributed by atoms with Crippen LogP contribution in [0.1, 0.15) is 57.3 Å². The van der Waals surface area contributed by atoms with Crippen LogP contribution in [-0.2, 0) is 14.3 Å². The zero-order valence-electron chi connectivity index (χ0n) is 17.7. The third kappa shape index (κ3) is 6.48. The van der Waals surface area contributed by atoms with E-state index in [1.807, 2.05) is 6.92 Å². The van der Waals surface area contributed by atoms with Gasteiger partial charge in [0.1, 0.15) is 12.3 Å². The van der Waals surface area contributed by atoms with E-state index in [1.165, 1.54) is 13.3 Å². The van der Waals surface area contributed by atoms with Gasteiger partial charge in [0.2, 0.25) is 0 Å². The molecule has 1 fully saturated rings. The number of carbonyl (C=O) groups is 3. The fraction of sp³-hybridized carbons (Fsp3) is 0.591. The summed E-state index contributed by atoms with van der Waals surface area (Å²) in [6.45, 7) is 7.80. The van der Waals surface area contributed by atoms with Crippen LogP contribution in [0, 0.1) is 11.8 Å². The zero-order valence-corrected chi connectivity index (χ0v) is 17.7. The second kappa shape index (κ2) is 10.8. The maximum atomic E-state index is 12.4. The SMILES string of the molecule is CCOc1ccccc1C(=O)NCC(=O)O[C@@H](C)C(=O)N[C@H]1CCC[C@H](C)[C@@H]1C. The molecule has 4 atom stereocenters. The van der Waals surface area contributed by atoms with Gasteiger partial charge in [0.15, 0.2) is 6.10 Å². The lowest BCUT2D eigenvalue weighted by atomic mass is 9.78. The summed E-state index contributed by atoms with van der Waals surface area (Å²) in [6.07, 6.45) is 2.27. The Hall–Kier alpha value is -2.57. The fourth-order valence-corrected chi connectivity index (χ4v) is 3.56. The van der Waals surface area contributed by atoms with Crippen molar-refractivity contribution < 1.29 is 23.9 Å². The molecule has 1 aliphatic rings. The van der Waals surface area contributed by atoms with Gasteiger partial charge in [-0.05, 0) is 44.2 Å². The fourth-order valence-electron chi connectivity index (χ4n) is 3.56. The van der Waals surface area contributed by atoms with Crippen molar-refractivity contribution in [1.29, 1.82) is 0 Å². The second-order valence-electron chi connectivity index (χ2n) is 7.63. The van der Waals surface area contributed by atoms with Gasteiger partial charge in [-0.25, -0.2) is 0 Å². The number of nitrogens with one attached hydrogen (secondary N) is 2. The summed E-state index contributed by atoms with van der Waals surface area (Å²) in [5, 5.41) is 5.51. The molecular weight excluding hydrogens is 372 g/mol. The molecule has 0 radical (unpaired) electrons. The third-order valence-corrected chi connectivity index (χ3v) is 5.54. The van der Waals surface area contributed by atoms with Crippen molar-refractivity contribution in [1.82, 2.24) is 10.6 Å². The smallest absolute Gasteiger partial charge is 0.326 e. The molecule has 1 aromatic rings. The molecular formula is C22H32N2O5. The highest BCUT2D eigenvalue weighted by Crippen LogP contribution is 2.29. The van der Waals surface area contributed by atoms with E-state index < -0.39 is 18.0 Å². The van der Waals surface area contributed by atoms with Crippen LogP contribution in [0.15, 0.2) is 24.3 Å². The van der Waals surface area contributed by atoms with Gasteiger partial charge in [0, 0.05) is 6.04 Å². The van der Waals surface area contributed by atoms with Gasteiger partial charge < -0.3 is 20.1 Å². The number of carbonyl (C=O) groups excluding carboxylic acids is 3. The summed E-state index contributed by atoms with van der Waals surface area (Å²) >= 11 is 0. The number of hydrogen-bond acceptors (Lipinski definition) is 5. The van der Waals surface area contributed by atoms with E-state index in [0.29, 0.717) is 29.8 Å². The highest BCUT2D eigenvalue weighted by molar-refractivity contribution is 5.98. The maximum Gasteiger partial charge on any atom is 0.326 e. The molecule has 2 N–H and O–H groups in total. The summed E-state index contributed by atoms with van der Waals surface area (Å²) in [5.74, 6) is -0.0168. The van der Waals surface area contributed by atoms with Crippen LogP contribution in [-0.4, -0.2) is 43.1 Å². The first-order valence-electron chi connectivity index (χ1n) is 10.3. The molecule has 0 heterocycles. The van der Waals surface area contributed by atoms with Crippen LogP contribution in [0.3, 0.4) is 0 Å². The van der Waals surface area contributed by atoms with E-state index in [9.17, 15) is 14.4 Å². The minimum Gasteiger partial charge on any atom is -0.493 e. The zero-order chi connectivity index (χ0) is 21.4. The Morgan fingerprint density at radius 2 is 1.90 bits per heavy atom. The quantitative estimate of drug-likeness (QED) is 0.650. The van der Waals surface area contributed by atoms with Gasteiger partial charge in [-0.1, -0.05) is 38.8 Å². The predicted molar refractivity (Wildman–Crippen MR) is 110 cm³/mol. The number of amides is 2. The largest absolute Gasteiger partial charge is 0.493 e. The van der Waals surface area contributed by atoms with E-state index in [1.54, 1.807) is 24.3 Å². The van der Waals surface area contributed by atoms with Gasteiger partial charge in [-0.2, -0.15) is 0 Å². The standard InChI is InChI=1S/C22H32N2O5/c1-5-28-19-12-7-6-10-17(19)22(27)23-13-20(25)29-16(4)21(26)24-18-11-8-9-14(2)15(18)3/h6-7,10,12,14-16,18H,5,8-9,11,13H2,1-4H3,(H,23,27)(H,24,26)/t14-,15-,16-,18-/m0/s1. The average molecular weight is 405 g/mol. The number of benzene rings is 1. The van der Waals surface area contributed by atoms with E-state index >= 15 is 0 Å². The van der Waals surface area contributed by atoms with Gasteiger partial charge in [0.25, 0.3) is 11.8 Å². The molecule has 7 nitrogen and oxygen atoms in total. The molecule has 1 saturated carbocycles. The minimum absolute atomic E-state index is 0.0992. The molecule has 0 aromatic heterocycles. The van der Waals surface area contributed by atoms with Crippen molar-refractivity contribution in [3.8, 4) is 5.75 Å². The van der Waals surface area contributed by atoms with E-state index in [2.05, 4.69) is 24.5 Å². The van der Waals surface area contributed by atoms with Gasteiger partial charge >= 0.3 is 5.97 Å². The lowest BCUT2D eigenvalue weighted by Gasteiger charge is -2.35. The average Bonchev–Trinajstić information content (AvgIpc) is 2.70. The molecule has 1 aromatic carbocycles. The van der Waals surface area contributed by atoms with Gasteiger partial charge in [-0.15, -0.1) is 0 Å². The van der Waals surface area contributed by atoms with Crippen molar-refractivity contribution >= 4 is 17.8 Å². The highest BCUT2D eigenvalue weighted by Gasteiger charge is 2.30. The molecule has 2 amide bonds. The lowest BCUT2D eigenvalue weighted by Crippen LogP contribution is -2.48. The summed E-state index contributed by atoms with van der Waals surface area (Å²) in [4.78, 5) is 36.8. The monoisotopic (exact) mass is 404 g/mol. The van der Waals surface area contributed by atoms with Crippen LogP contribution in [0.4, 0.5) is 0 Å². The first-order chi connectivity index (χ1) is 13.8. The molecule has 1 aliphatic carbocycles. The summed E-state index contributed by atoms with van der Waals surface area (Å²) in [7, 11) is 0. The Labute approximate surface area is 172 Å². The molecule has 29 heavy (non-hydrogen) atoms. The molecule has 0 spiro atoms. The van der Waals surface area contributed by atoms with Crippen LogP contribution < -0.4 is 15.4 Å². The Morgan fingerprint density at radius 1 is 1.17 bits per heavy atom. The first-order valence-corrected chi connectivity index (χ1v) is 10.3. The lowest BCUT2D eigenvalue weighted by molar-refractivity contribution is -0.154. The summed E-state index contributed by atoms with van der Waals surface area (Å²) in [5.41, 5.74) is 0.341. The highest BCUT2D eigenvalue weighted by atomic mass is 16.5. The van der Waals surface area contributed by atoms with Gasteiger partial charge in [-0.3, -0.25) is 14.4 Å². The third-order valence-electron chi connectivity index (χ3n) is 5.54. The molecule has 7 heteroatoms. The Morgan fingerprint density at radius 3 is 2.62 bits per heavy atom. The number of esters is 1. The molecule has 0 unspecified atom stereocenters. The normalized spacial score (nSPS) is 22.3. The van der Waals surface area contributed by atoms with E-state index in [0.717, 1.165) is 12.8 Å². The number of rotatable bonds is 8. The Bertz CT molecular complexity index is 721. The predicted octanol–water partition coefficient (Wildman–Crippen LogP) is 2.69. The Balaban J connectivity index is 1.81. The van der Waals surface area contributed by atoms with E-state index in [4.69, 9.17) is 9.47 Å². The van der Waals surface area contributed by atoms with Crippen LogP contribution in [0.25, 0.3) is 0 Å². The van der Waals surface area contributed by atoms with Crippen molar-refractivity contribution in [2.45, 2.75) is 59.1 Å². The number of ether oxygens (including phenoxy) is 2. The summed E-state index contributed by atoms with van der Waals surface area (Å²) < 4.78 is 10.6. The number of hydrogen-bond donors (Lipinski definition) is 2. The van der Waals surface area contributed by atoms with Crippen molar-refractivity contribution in [3.63, 3.8) is 0 Å². The molecule has 0 saturated heterocycles. The van der Waals surface area contributed by atoms with E-state index in [-0.39, 0.29) is 18.5 Å². The van der Waals surface area contributed by atoms with Crippen LogP contribution >= 0.6 is 0 Å². The van der Waals surface area contributed by atoms with Crippen molar-refractivity contribution in [2.75, 3.05) is 13.2 Å². The second-order valence-corrected chi connectivity index (χ2v) is 7.63. The summed E-state index contributed by atoms with van der Waals surface area (Å²) in [6, 6.07) is 6.89. The minimum atomic E-state index is -0.917. The molecule has 160 valence electrons. The van der Waals surface area contributed by atoms with Crippen molar-refractivity contribution in [3.05, 3.63) is 29.8 Å². The molecule has 0 bridgehead atoms. The number of para-hydroxylation sites is 1. The van der Waals surface area contributed by atoms with Crippen LogP contribution in [0.2, 0.25) is 0 Å².